The van der Waals surface area contributed by atoms with Crippen LogP contribution >= 0.6 is 23.7 Å². The Hall–Kier alpha value is -1.43. The number of carbonyl (C=O) groups excluding carboxylic acids is 1. The summed E-state index contributed by atoms with van der Waals surface area (Å²) >= 11 is 1.44. The van der Waals surface area contributed by atoms with Gasteiger partial charge < -0.3 is 10.6 Å². The Morgan fingerprint density at radius 1 is 1.25 bits per heavy atom. The number of benzene rings is 1. The zero-order valence-corrected chi connectivity index (χ0v) is 15.0. The molecule has 0 radical (unpaired) electrons. The second-order valence-corrected chi connectivity index (χ2v) is 7.01. The Morgan fingerprint density at radius 2 is 2.04 bits per heavy atom. The van der Waals surface area contributed by atoms with E-state index in [0.717, 1.165) is 36.5 Å². The van der Waals surface area contributed by atoms with Crippen molar-refractivity contribution in [3.63, 3.8) is 0 Å². The van der Waals surface area contributed by atoms with E-state index in [4.69, 9.17) is 0 Å². The van der Waals surface area contributed by atoms with Gasteiger partial charge in [0.25, 0.3) is 5.91 Å². The Labute approximate surface area is 152 Å². The van der Waals surface area contributed by atoms with E-state index in [1.807, 2.05) is 12.1 Å². The smallest absolute Gasteiger partial charge is 0.261 e. The van der Waals surface area contributed by atoms with Crippen molar-refractivity contribution in [2.45, 2.75) is 19.3 Å². The molecule has 24 heavy (non-hydrogen) atoms. The molecule has 6 heteroatoms. The minimum absolute atomic E-state index is 0. The van der Waals surface area contributed by atoms with Crippen LogP contribution in [0.1, 0.15) is 28.9 Å². The van der Waals surface area contributed by atoms with Gasteiger partial charge in [-0.15, -0.1) is 23.7 Å². The molecule has 1 atom stereocenters. The predicted molar refractivity (Wildman–Crippen MR) is 99.5 cm³/mol. The van der Waals surface area contributed by atoms with Crippen molar-refractivity contribution in [2.24, 2.45) is 5.92 Å². The van der Waals surface area contributed by atoms with E-state index in [1.54, 1.807) is 12.1 Å². The Balaban J connectivity index is 0.00000208. The molecule has 2 heterocycles. The number of piperidine rings is 1. The summed E-state index contributed by atoms with van der Waals surface area (Å²) in [5, 5.41) is 6.40. The molecule has 1 aliphatic rings. The Kier molecular flexibility index (Phi) is 7.21. The van der Waals surface area contributed by atoms with Crippen LogP contribution in [0.3, 0.4) is 0 Å². The lowest BCUT2D eigenvalue weighted by Gasteiger charge is -2.22. The number of rotatable bonds is 5. The maximum atomic E-state index is 13.0. The molecule has 3 rings (SSSR count). The maximum Gasteiger partial charge on any atom is 0.261 e. The Bertz CT molecular complexity index is 653. The molecule has 0 saturated carbocycles. The fourth-order valence-electron chi connectivity index (χ4n) is 2.88. The summed E-state index contributed by atoms with van der Waals surface area (Å²) in [6.07, 6.45) is 3.50. The summed E-state index contributed by atoms with van der Waals surface area (Å²) in [5.74, 6) is 0.398. The third kappa shape index (κ3) is 5.03. The molecule has 1 fully saturated rings. The fraction of sp³-hybridized carbons (Fsp3) is 0.389. The van der Waals surface area contributed by atoms with Crippen molar-refractivity contribution in [1.82, 2.24) is 10.6 Å². The lowest BCUT2D eigenvalue weighted by atomic mass is 9.96. The molecule has 1 aliphatic heterocycles. The summed E-state index contributed by atoms with van der Waals surface area (Å²) in [6.45, 7) is 2.89. The highest BCUT2D eigenvalue weighted by Crippen LogP contribution is 2.28. The van der Waals surface area contributed by atoms with Crippen LogP contribution in [-0.2, 0) is 0 Å². The van der Waals surface area contributed by atoms with Gasteiger partial charge in [0.1, 0.15) is 5.82 Å². The first-order valence-corrected chi connectivity index (χ1v) is 8.89. The van der Waals surface area contributed by atoms with Crippen molar-refractivity contribution in [3.8, 4) is 10.4 Å². The lowest BCUT2D eigenvalue weighted by molar-refractivity contribution is 0.0954. The average Bonchev–Trinajstić information content (AvgIpc) is 3.06. The van der Waals surface area contributed by atoms with E-state index in [1.165, 1.54) is 36.3 Å². The van der Waals surface area contributed by atoms with Gasteiger partial charge in [-0.25, -0.2) is 4.39 Å². The third-order valence-electron chi connectivity index (χ3n) is 4.20. The van der Waals surface area contributed by atoms with Crippen molar-refractivity contribution in [2.75, 3.05) is 19.6 Å². The average molecular weight is 369 g/mol. The second kappa shape index (κ2) is 9.16. The van der Waals surface area contributed by atoms with E-state index >= 15 is 0 Å². The van der Waals surface area contributed by atoms with E-state index in [9.17, 15) is 9.18 Å². The van der Waals surface area contributed by atoms with E-state index in [0.29, 0.717) is 10.8 Å². The summed E-state index contributed by atoms with van der Waals surface area (Å²) in [4.78, 5) is 13.9. The lowest BCUT2D eigenvalue weighted by Crippen LogP contribution is -2.33. The first kappa shape index (κ1) is 18.9. The SMILES string of the molecule is Cl.O=C(NCCC1CCCNC1)c1ccc(-c2ccc(F)cc2)s1. The standard InChI is InChI=1S/C18H21FN2OS.ClH/c19-15-5-3-14(4-6-15)16-7-8-17(23-16)18(22)21-11-9-13-2-1-10-20-12-13;/h3-8,13,20H,1-2,9-12H2,(H,21,22);1H. The normalized spacial score (nSPS) is 17.1. The molecule has 3 nitrogen and oxygen atoms in total. The number of thiophene rings is 1. The number of amides is 1. The van der Waals surface area contributed by atoms with Gasteiger partial charge in [-0.3, -0.25) is 4.79 Å². The van der Waals surface area contributed by atoms with Gasteiger partial charge in [0.15, 0.2) is 0 Å². The molecule has 0 aliphatic carbocycles. The minimum Gasteiger partial charge on any atom is -0.351 e. The summed E-state index contributed by atoms with van der Waals surface area (Å²) < 4.78 is 13.0. The molecule has 1 saturated heterocycles. The van der Waals surface area contributed by atoms with Gasteiger partial charge in [-0.2, -0.15) is 0 Å². The van der Waals surface area contributed by atoms with Crippen molar-refractivity contribution < 1.29 is 9.18 Å². The number of hydrogen-bond donors (Lipinski definition) is 2. The maximum absolute atomic E-state index is 13.0. The highest BCUT2D eigenvalue weighted by molar-refractivity contribution is 7.17. The van der Waals surface area contributed by atoms with E-state index < -0.39 is 0 Å². The first-order chi connectivity index (χ1) is 11.2. The summed E-state index contributed by atoms with van der Waals surface area (Å²) in [5.41, 5.74) is 0.934. The van der Waals surface area contributed by atoms with Gasteiger partial charge in [-0.1, -0.05) is 12.1 Å². The van der Waals surface area contributed by atoms with Crippen molar-refractivity contribution >= 4 is 29.7 Å². The van der Waals surface area contributed by atoms with E-state index in [-0.39, 0.29) is 24.1 Å². The molecule has 2 aromatic rings. The highest BCUT2D eigenvalue weighted by atomic mass is 35.5. The van der Waals surface area contributed by atoms with Crippen LogP contribution in [0.2, 0.25) is 0 Å². The quantitative estimate of drug-likeness (QED) is 0.834. The van der Waals surface area contributed by atoms with Gasteiger partial charge in [-0.05, 0) is 68.1 Å². The van der Waals surface area contributed by atoms with Crippen molar-refractivity contribution in [3.05, 3.63) is 47.1 Å². The molecule has 0 spiro atoms. The molecular weight excluding hydrogens is 347 g/mol. The van der Waals surface area contributed by atoms with Crippen LogP contribution in [0, 0.1) is 11.7 Å². The second-order valence-electron chi connectivity index (χ2n) is 5.93. The highest BCUT2D eigenvalue weighted by Gasteiger charge is 2.14. The van der Waals surface area contributed by atoms with Gasteiger partial charge >= 0.3 is 0 Å². The first-order valence-electron chi connectivity index (χ1n) is 8.07. The predicted octanol–water partition coefficient (Wildman–Crippen LogP) is 4.10. The van der Waals surface area contributed by atoms with Crippen LogP contribution < -0.4 is 10.6 Å². The summed E-state index contributed by atoms with van der Waals surface area (Å²) in [7, 11) is 0. The molecule has 1 aromatic heterocycles. The van der Waals surface area contributed by atoms with Gasteiger partial charge in [0.05, 0.1) is 4.88 Å². The van der Waals surface area contributed by atoms with E-state index in [2.05, 4.69) is 10.6 Å². The minimum atomic E-state index is -0.250. The fourth-order valence-corrected chi connectivity index (χ4v) is 3.80. The number of nitrogens with one attached hydrogen (secondary N) is 2. The number of hydrogen-bond acceptors (Lipinski definition) is 3. The van der Waals surface area contributed by atoms with Crippen LogP contribution in [0.25, 0.3) is 10.4 Å². The molecule has 1 unspecified atom stereocenters. The Morgan fingerprint density at radius 3 is 2.75 bits per heavy atom. The zero-order valence-electron chi connectivity index (χ0n) is 13.4. The topological polar surface area (TPSA) is 41.1 Å². The zero-order chi connectivity index (χ0) is 16.1. The molecule has 2 N–H and O–H groups in total. The van der Waals surface area contributed by atoms with Crippen LogP contribution in [0.15, 0.2) is 36.4 Å². The van der Waals surface area contributed by atoms with Gasteiger partial charge in [0.2, 0.25) is 0 Å². The van der Waals surface area contributed by atoms with Crippen LogP contribution in [-0.4, -0.2) is 25.5 Å². The molecule has 1 aromatic carbocycles. The number of halogens is 2. The molecule has 0 bridgehead atoms. The monoisotopic (exact) mass is 368 g/mol. The number of carbonyl (C=O) groups is 1. The molecule has 130 valence electrons. The molecular formula is C18H22ClFN2OS. The largest absolute Gasteiger partial charge is 0.351 e. The molecule has 1 amide bonds. The van der Waals surface area contributed by atoms with Gasteiger partial charge in [0, 0.05) is 11.4 Å². The third-order valence-corrected chi connectivity index (χ3v) is 5.33. The summed E-state index contributed by atoms with van der Waals surface area (Å²) in [6, 6.07) is 10.1. The van der Waals surface area contributed by atoms with Crippen LogP contribution in [0.5, 0.6) is 0 Å². The van der Waals surface area contributed by atoms with Crippen molar-refractivity contribution in [1.29, 1.82) is 0 Å². The van der Waals surface area contributed by atoms with Crippen LogP contribution in [0.4, 0.5) is 4.39 Å².